The Morgan fingerprint density at radius 2 is 1.77 bits per heavy atom. The first-order valence-electron chi connectivity index (χ1n) is 7.96. The summed E-state index contributed by atoms with van der Waals surface area (Å²) in [5, 5.41) is 13.2. The second-order valence-corrected chi connectivity index (χ2v) is 8.83. The number of nitrogens with one attached hydrogen (secondary N) is 1. The van der Waals surface area contributed by atoms with Gasteiger partial charge in [-0.05, 0) is 37.7 Å². The van der Waals surface area contributed by atoms with Crippen LogP contribution in [0.1, 0.15) is 37.7 Å². The van der Waals surface area contributed by atoms with E-state index in [1.807, 2.05) is 30.3 Å². The van der Waals surface area contributed by atoms with Crippen molar-refractivity contribution in [2.75, 3.05) is 11.5 Å². The summed E-state index contributed by atoms with van der Waals surface area (Å²) in [5.41, 5.74) is 0.737. The van der Waals surface area contributed by atoms with Gasteiger partial charge in [0.25, 0.3) is 0 Å². The third kappa shape index (κ3) is 3.18. The predicted molar refractivity (Wildman–Crippen MR) is 86.2 cm³/mol. The Hall–Kier alpha value is -1.38. The summed E-state index contributed by atoms with van der Waals surface area (Å²) in [6, 6.07) is 13.0. The summed E-state index contributed by atoms with van der Waals surface area (Å²) in [6.07, 6.45) is 4.26. The van der Waals surface area contributed by atoms with Crippen LogP contribution in [0.15, 0.2) is 30.3 Å². The fraction of sp³-hybridized carbons (Fsp3) is 0.588. The van der Waals surface area contributed by atoms with Crippen molar-refractivity contribution < 1.29 is 8.42 Å². The highest BCUT2D eigenvalue weighted by Crippen LogP contribution is 2.39. The van der Waals surface area contributed by atoms with Gasteiger partial charge in [-0.15, -0.1) is 0 Å². The predicted octanol–water partition coefficient (Wildman–Crippen LogP) is 2.17. The van der Waals surface area contributed by atoms with Crippen LogP contribution in [0.25, 0.3) is 0 Å². The van der Waals surface area contributed by atoms with Gasteiger partial charge in [0.1, 0.15) is 0 Å². The molecule has 1 N–H and O–H groups in total. The highest BCUT2D eigenvalue weighted by atomic mass is 32.2. The van der Waals surface area contributed by atoms with E-state index in [2.05, 4.69) is 11.4 Å². The Balaban J connectivity index is 1.61. The highest BCUT2D eigenvalue weighted by molar-refractivity contribution is 7.91. The van der Waals surface area contributed by atoms with Gasteiger partial charge < -0.3 is 5.32 Å². The van der Waals surface area contributed by atoms with Crippen molar-refractivity contribution in [1.82, 2.24) is 5.32 Å². The van der Waals surface area contributed by atoms with Gasteiger partial charge in [-0.2, -0.15) is 5.26 Å². The number of hydrogen-bond acceptors (Lipinski definition) is 4. The van der Waals surface area contributed by atoms with Gasteiger partial charge in [-0.3, -0.25) is 0 Å². The monoisotopic (exact) mass is 318 g/mol. The molecule has 1 aromatic rings. The summed E-state index contributed by atoms with van der Waals surface area (Å²) in [7, 11) is -2.83. The highest BCUT2D eigenvalue weighted by Gasteiger charge is 2.38. The molecule has 3 rings (SSSR count). The minimum Gasteiger partial charge on any atom is -0.310 e. The smallest absolute Gasteiger partial charge is 0.151 e. The molecule has 118 valence electrons. The molecule has 0 radical (unpaired) electrons. The van der Waals surface area contributed by atoms with Gasteiger partial charge in [0.05, 0.1) is 23.0 Å². The standard InChI is InChI=1S/C17H22N2O2S/c18-13-17(14-4-2-1-3-5-14)9-6-15(7-10-17)19-16-8-11-22(20,21)12-16/h1-5,15-16,19H,6-12H2/t15?,16-,17?/m1/s1. The second-order valence-electron chi connectivity index (χ2n) is 6.60. The molecular formula is C17H22N2O2S. The summed E-state index contributed by atoms with van der Waals surface area (Å²) in [5.74, 6) is 0.578. The van der Waals surface area contributed by atoms with Crippen LogP contribution in [0.4, 0.5) is 0 Å². The lowest BCUT2D eigenvalue weighted by Crippen LogP contribution is -2.44. The zero-order valence-electron chi connectivity index (χ0n) is 12.7. The minimum atomic E-state index is -2.83. The summed E-state index contributed by atoms with van der Waals surface area (Å²) >= 11 is 0. The zero-order chi connectivity index (χ0) is 15.6. The maximum atomic E-state index is 11.5. The van der Waals surface area contributed by atoms with Crippen LogP contribution in [-0.4, -0.2) is 32.0 Å². The van der Waals surface area contributed by atoms with E-state index in [1.165, 1.54) is 0 Å². The van der Waals surface area contributed by atoms with Crippen molar-refractivity contribution in [3.05, 3.63) is 35.9 Å². The molecule has 1 heterocycles. The van der Waals surface area contributed by atoms with E-state index in [4.69, 9.17) is 0 Å². The lowest BCUT2D eigenvalue weighted by Gasteiger charge is -2.36. The molecule has 1 atom stereocenters. The van der Waals surface area contributed by atoms with E-state index >= 15 is 0 Å². The topological polar surface area (TPSA) is 70.0 Å². The maximum Gasteiger partial charge on any atom is 0.151 e. The summed E-state index contributed by atoms with van der Waals surface area (Å²) < 4.78 is 23.1. The van der Waals surface area contributed by atoms with Gasteiger partial charge in [-0.1, -0.05) is 30.3 Å². The first-order chi connectivity index (χ1) is 10.5. The van der Waals surface area contributed by atoms with E-state index in [-0.39, 0.29) is 17.2 Å². The Kier molecular flexibility index (Phi) is 4.24. The van der Waals surface area contributed by atoms with E-state index in [9.17, 15) is 13.7 Å². The van der Waals surface area contributed by atoms with Gasteiger partial charge in [-0.25, -0.2) is 8.42 Å². The Labute approximate surface area is 132 Å². The Bertz CT molecular complexity index is 656. The molecule has 5 heteroatoms. The number of benzene rings is 1. The molecule has 0 unspecified atom stereocenters. The third-order valence-corrected chi connectivity index (χ3v) is 6.85. The molecule has 22 heavy (non-hydrogen) atoms. The third-order valence-electron chi connectivity index (χ3n) is 5.08. The molecule has 1 aliphatic carbocycles. The van der Waals surface area contributed by atoms with Gasteiger partial charge in [0, 0.05) is 12.1 Å². The van der Waals surface area contributed by atoms with E-state index in [1.54, 1.807) is 0 Å². The Morgan fingerprint density at radius 1 is 1.09 bits per heavy atom. The van der Waals surface area contributed by atoms with Crippen LogP contribution in [0.2, 0.25) is 0 Å². The molecule has 1 saturated heterocycles. The normalized spacial score (nSPS) is 34.1. The number of rotatable bonds is 3. The lowest BCUT2D eigenvalue weighted by molar-refractivity contribution is 0.281. The zero-order valence-corrected chi connectivity index (χ0v) is 13.5. The van der Waals surface area contributed by atoms with Gasteiger partial charge in [0.15, 0.2) is 9.84 Å². The number of hydrogen-bond donors (Lipinski definition) is 1. The summed E-state index contributed by atoms with van der Waals surface area (Å²) in [6.45, 7) is 0. The van der Waals surface area contributed by atoms with Crippen molar-refractivity contribution in [3.63, 3.8) is 0 Å². The Morgan fingerprint density at radius 3 is 2.32 bits per heavy atom. The van der Waals surface area contributed by atoms with Gasteiger partial charge >= 0.3 is 0 Å². The molecule has 1 aromatic carbocycles. The fourth-order valence-corrected chi connectivity index (χ4v) is 5.45. The minimum absolute atomic E-state index is 0.0984. The average Bonchev–Trinajstić information content (AvgIpc) is 2.88. The average molecular weight is 318 g/mol. The SMILES string of the molecule is N#CC1(c2ccccc2)CCC(N[C@@H]2CCS(=O)(=O)C2)CC1. The van der Waals surface area contributed by atoms with E-state index in [0.29, 0.717) is 11.8 Å². The van der Waals surface area contributed by atoms with Crippen LogP contribution < -0.4 is 5.32 Å². The van der Waals surface area contributed by atoms with Crippen molar-refractivity contribution in [2.45, 2.75) is 49.6 Å². The number of nitriles is 1. The van der Waals surface area contributed by atoms with Gasteiger partial charge in [0.2, 0.25) is 0 Å². The van der Waals surface area contributed by atoms with Crippen molar-refractivity contribution in [1.29, 1.82) is 5.26 Å². The van der Waals surface area contributed by atoms with Crippen LogP contribution in [0.5, 0.6) is 0 Å². The maximum absolute atomic E-state index is 11.5. The molecule has 0 bridgehead atoms. The van der Waals surface area contributed by atoms with E-state index in [0.717, 1.165) is 37.7 Å². The van der Waals surface area contributed by atoms with Crippen LogP contribution in [-0.2, 0) is 15.3 Å². The first kappa shape index (κ1) is 15.5. The number of nitrogens with zero attached hydrogens (tertiary/aromatic N) is 1. The molecule has 0 spiro atoms. The molecule has 2 fully saturated rings. The molecular weight excluding hydrogens is 296 g/mol. The van der Waals surface area contributed by atoms with Crippen molar-refractivity contribution >= 4 is 9.84 Å². The lowest BCUT2D eigenvalue weighted by atomic mass is 9.69. The van der Waals surface area contributed by atoms with Crippen molar-refractivity contribution in [2.24, 2.45) is 0 Å². The fourth-order valence-electron chi connectivity index (χ4n) is 3.76. The molecule has 1 saturated carbocycles. The largest absolute Gasteiger partial charge is 0.310 e. The molecule has 4 nitrogen and oxygen atoms in total. The summed E-state index contributed by atoms with van der Waals surface area (Å²) in [4.78, 5) is 0. The molecule has 0 aromatic heterocycles. The quantitative estimate of drug-likeness (QED) is 0.927. The van der Waals surface area contributed by atoms with Crippen LogP contribution in [0, 0.1) is 11.3 Å². The van der Waals surface area contributed by atoms with Crippen LogP contribution in [0.3, 0.4) is 0 Å². The molecule has 1 aliphatic heterocycles. The first-order valence-corrected chi connectivity index (χ1v) is 9.78. The molecule has 0 amide bonds. The second kappa shape index (κ2) is 6.02. The van der Waals surface area contributed by atoms with Crippen LogP contribution >= 0.6 is 0 Å². The van der Waals surface area contributed by atoms with Crippen molar-refractivity contribution in [3.8, 4) is 6.07 Å². The molecule has 2 aliphatic rings. The number of sulfone groups is 1. The van der Waals surface area contributed by atoms with E-state index < -0.39 is 9.84 Å².